The first-order valence-electron chi connectivity index (χ1n) is 7.86. The molecule has 1 aliphatic heterocycles. The van der Waals surface area contributed by atoms with Gasteiger partial charge in [0.15, 0.2) is 0 Å². The number of pyridine rings is 1. The van der Waals surface area contributed by atoms with Gasteiger partial charge < -0.3 is 14.4 Å². The highest BCUT2D eigenvalue weighted by Crippen LogP contribution is 2.26. The minimum atomic E-state index is -0.0859. The molecule has 5 nitrogen and oxygen atoms in total. The molecule has 24 heavy (non-hydrogen) atoms. The molecule has 1 aromatic heterocycles. The van der Waals surface area contributed by atoms with Crippen LogP contribution in [-0.4, -0.2) is 41.1 Å². The van der Waals surface area contributed by atoms with Crippen molar-refractivity contribution in [2.24, 2.45) is 0 Å². The SMILES string of the molecule is CC1CN(C(=O)c2cccnc2Oc2ccc(Br)cc2)CC(C)O1. The van der Waals surface area contributed by atoms with Gasteiger partial charge in [-0.25, -0.2) is 4.98 Å². The second-order valence-electron chi connectivity index (χ2n) is 5.88. The highest BCUT2D eigenvalue weighted by molar-refractivity contribution is 9.10. The van der Waals surface area contributed by atoms with Crippen LogP contribution in [0, 0.1) is 0 Å². The van der Waals surface area contributed by atoms with Crippen LogP contribution in [0.3, 0.4) is 0 Å². The molecular formula is C18H19BrN2O3. The summed E-state index contributed by atoms with van der Waals surface area (Å²) in [5.41, 5.74) is 0.460. The van der Waals surface area contributed by atoms with Gasteiger partial charge in [-0.05, 0) is 50.2 Å². The number of hydrogen-bond donors (Lipinski definition) is 0. The molecule has 1 aromatic carbocycles. The lowest BCUT2D eigenvalue weighted by molar-refractivity contribution is -0.0586. The predicted molar refractivity (Wildman–Crippen MR) is 94.4 cm³/mol. The highest BCUT2D eigenvalue weighted by atomic mass is 79.9. The van der Waals surface area contributed by atoms with Gasteiger partial charge in [-0.3, -0.25) is 4.79 Å². The smallest absolute Gasteiger partial charge is 0.259 e. The largest absolute Gasteiger partial charge is 0.438 e. The summed E-state index contributed by atoms with van der Waals surface area (Å²) >= 11 is 3.39. The molecule has 6 heteroatoms. The molecule has 0 aliphatic carbocycles. The molecule has 0 bridgehead atoms. The number of aromatic nitrogens is 1. The first kappa shape index (κ1) is 16.9. The van der Waals surface area contributed by atoms with E-state index in [1.54, 1.807) is 23.2 Å². The Labute approximate surface area is 149 Å². The molecule has 0 radical (unpaired) electrons. The molecule has 2 atom stereocenters. The fourth-order valence-electron chi connectivity index (χ4n) is 2.76. The highest BCUT2D eigenvalue weighted by Gasteiger charge is 2.28. The van der Waals surface area contributed by atoms with Crippen molar-refractivity contribution >= 4 is 21.8 Å². The summed E-state index contributed by atoms with van der Waals surface area (Å²) in [6.07, 6.45) is 1.66. The van der Waals surface area contributed by atoms with E-state index in [4.69, 9.17) is 9.47 Å². The molecular weight excluding hydrogens is 372 g/mol. The van der Waals surface area contributed by atoms with Crippen molar-refractivity contribution in [1.29, 1.82) is 0 Å². The molecule has 126 valence electrons. The normalized spacial score (nSPS) is 20.7. The van der Waals surface area contributed by atoms with Crippen LogP contribution in [-0.2, 0) is 4.74 Å². The number of hydrogen-bond acceptors (Lipinski definition) is 4. The molecule has 1 amide bonds. The summed E-state index contributed by atoms with van der Waals surface area (Å²) < 4.78 is 12.5. The summed E-state index contributed by atoms with van der Waals surface area (Å²) in [5, 5.41) is 0. The Morgan fingerprint density at radius 2 is 1.88 bits per heavy atom. The molecule has 2 unspecified atom stereocenters. The van der Waals surface area contributed by atoms with E-state index < -0.39 is 0 Å². The summed E-state index contributed by atoms with van der Waals surface area (Å²) in [6, 6.07) is 10.9. The van der Waals surface area contributed by atoms with Crippen LogP contribution in [0.25, 0.3) is 0 Å². The third-order valence-corrected chi connectivity index (χ3v) is 4.27. The lowest BCUT2D eigenvalue weighted by Crippen LogP contribution is -2.48. The predicted octanol–water partition coefficient (Wildman–Crippen LogP) is 3.89. The zero-order valence-corrected chi connectivity index (χ0v) is 15.2. The molecule has 1 saturated heterocycles. The van der Waals surface area contributed by atoms with Crippen molar-refractivity contribution in [3.05, 3.63) is 52.6 Å². The maximum Gasteiger partial charge on any atom is 0.259 e. The van der Waals surface area contributed by atoms with Crippen LogP contribution in [0.5, 0.6) is 11.6 Å². The minimum absolute atomic E-state index is 0.0187. The van der Waals surface area contributed by atoms with E-state index >= 15 is 0 Å². The second kappa shape index (κ2) is 7.32. The maximum atomic E-state index is 12.9. The average Bonchev–Trinajstić information content (AvgIpc) is 2.56. The Bertz CT molecular complexity index is 710. The van der Waals surface area contributed by atoms with Gasteiger partial charge in [-0.15, -0.1) is 0 Å². The maximum absolute atomic E-state index is 12.9. The number of carbonyl (C=O) groups excluding carboxylic acids is 1. The monoisotopic (exact) mass is 390 g/mol. The fourth-order valence-corrected chi connectivity index (χ4v) is 3.03. The van der Waals surface area contributed by atoms with Gasteiger partial charge >= 0.3 is 0 Å². The van der Waals surface area contributed by atoms with E-state index in [9.17, 15) is 4.79 Å². The number of halogens is 1. The van der Waals surface area contributed by atoms with Crippen LogP contribution < -0.4 is 4.74 Å². The molecule has 3 rings (SSSR count). The van der Waals surface area contributed by atoms with E-state index in [-0.39, 0.29) is 18.1 Å². The van der Waals surface area contributed by atoms with E-state index in [1.165, 1.54) is 0 Å². The lowest BCUT2D eigenvalue weighted by atomic mass is 10.1. The molecule has 0 N–H and O–H groups in total. The molecule has 1 aliphatic rings. The average molecular weight is 391 g/mol. The zero-order chi connectivity index (χ0) is 17.1. The second-order valence-corrected chi connectivity index (χ2v) is 6.80. The van der Waals surface area contributed by atoms with Crippen molar-refractivity contribution < 1.29 is 14.3 Å². The number of benzene rings is 1. The number of nitrogens with zero attached hydrogens (tertiary/aromatic N) is 2. The van der Waals surface area contributed by atoms with Gasteiger partial charge in [0.1, 0.15) is 11.3 Å². The first-order valence-corrected chi connectivity index (χ1v) is 8.65. The van der Waals surface area contributed by atoms with Crippen LogP contribution in [0.15, 0.2) is 47.1 Å². The Kier molecular flexibility index (Phi) is 5.16. The standard InChI is InChI=1S/C18H19BrN2O3/c1-12-10-21(11-13(2)23-12)18(22)16-4-3-9-20-17(16)24-15-7-5-14(19)6-8-15/h3-9,12-13H,10-11H2,1-2H3. The number of rotatable bonds is 3. The number of amides is 1. The quantitative estimate of drug-likeness (QED) is 0.797. The van der Waals surface area contributed by atoms with Crippen molar-refractivity contribution in [1.82, 2.24) is 9.88 Å². The Balaban J connectivity index is 1.83. The topological polar surface area (TPSA) is 51.7 Å². The summed E-state index contributed by atoms with van der Waals surface area (Å²) in [7, 11) is 0. The van der Waals surface area contributed by atoms with Gasteiger partial charge in [0.05, 0.1) is 12.2 Å². The van der Waals surface area contributed by atoms with Crippen molar-refractivity contribution in [3.63, 3.8) is 0 Å². The Morgan fingerprint density at radius 3 is 2.54 bits per heavy atom. The summed E-state index contributed by atoms with van der Waals surface area (Å²) in [4.78, 5) is 18.9. The van der Waals surface area contributed by atoms with Gasteiger partial charge in [-0.1, -0.05) is 15.9 Å². The molecule has 2 heterocycles. The Hall–Kier alpha value is -1.92. The molecule has 0 spiro atoms. The van der Waals surface area contributed by atoms with Crippen LogP contribution >= 0.6 is 15.9 Å². The van der Waals surface area contributed by atoms with Gasteiger partial charge in [-0.2, -0.15) is 0 Å². The molecule has 2 aromatic rings. The van der Waals surface area contributed by atoms with Crippen LogP contribution in [0.1, 0.15) is 24.2 Å². The van der Waals surface area contributed by atoms with Gasteiger partial charge in [0, 0.05) is 23.8 Å². The number of morpholine rings is 1. The van der Waals surface area contributed by atoms with Crippen molar-refractivity contribution in [3.8, 4) is 11.6 Å². The molecule has 1 fully saturated rings. The Morgan fingerprint density at radius 1 is 1.21 bits per heavy atom. The van der Waals surface area contributed by atoms with Gasteiger partial charge in [0.2, 0.25) is 5.88 Å². The van der Waals surface area contributed by atoms with Crippen molar-refractivity contribution in [2.45, 2.75) is 26.1 Å². The number of ether oxygens (including phenoxy) is 2. The van der Waals surface area contributed by atoms with Crippen LogP contribution in [0.2, 0.25) is 0 Å². The summed E-state index contributed by atoms with van der Waals surface area (Å²) in [5.74, 6) is 0.864. The van der Waals surface area contributed by atoms with E-state index in [2.05, 4.69) is 20.9 Å². The van der Waals surface area contributed by atoms with E-state index in [0.717, 1.165) is 4.47 Å². The van der Waals surface area contributed by atoms with E-state index in [0.29, 0.717) is 30.3 Å². The fraction of sp³-hybridized carbons (Fsp3) is 0.333. The minimum Gasteiger partial charge on any atom is -0.438 e. The van der Waals surface area contributed by atoms with Crippen molar-refractivity contribution in [2.75, 3.05) is 13.1 Å². The number of carbonyl (C=O) groups is 1. The lowest BCUT2D eigenvalue weighted by Gasteiger charge is -2.35. The van der Waals surface area contributed by atoms with Crippen LogP contribution in [0.4, 0.5) is 0 Å². The summed E-state index contributed by atoms with van der Waals surface area (Å²) in [6.45, 7) is 5.07. The van der Waals surface area contributed by atoms with E-state index in [1.807, 2.05) is 38.1 Å². The third-order valence-electron chi connectivity index (χ3n) is 3.74. The third kappa shape index (κ3) is 3.94. The zero-order valence-electron chi connectivity index (χ0n) is 13.6. The first-order chi connectivity index (χ1) is 11.5. The van der Waals surface area contributed by atoms with Gasteiger partial charge in [0.25, 0.3) is 5.91 Å². The molecule has 0 saturated carbocycles.